The molecule has 0 N–H and O–H groups in total. The zero-order valence-corrected chi connectivity index (χ0v) is 13.3. The topological polar surface area (TPSA) is 56.5 Å². The minimum atomic E-state index is -0.0872. The number of carbonyl (C=O) groups is 1. The van der Waals surface area contributed by atoms with E-state index in [1.165, 1.54) is 0 Å². The van der Waals surface area contributed by atoms with E-state index in [0.29, 0.717) is 12.1 Å². The maximum absolute atomic E-state index is 13.1. The molecule has 0 radical (unpaired) electrons. The Morgan fingerprint density at radius 3 is 2.75 bits per heavy atom. The molecule has 0 aromatic heterocycles. The van der Waals surface area contributed by atoms with Crippen molar-refractivity contribution in [1.29, 1.82) is 5.26 Å². The molecule has 1 unspecified atom stereocenters. The van der Waals surface area contributed by atoms with Crippen molar-refractivity contribution in [3.05, 3.63) is 59.7 Å². The summed E-state index contributed by atoms with van der Waals surface area (Å²) in [6.45, 7) is 0.501. The molecule has 1 fully saturated rings. The first-order valence-corrected chi connectivity index (χ1v) is 8.23. The van der Waals surface area contributed by atoms with Crippen molar-refractivity contribution in [2.24, 2.45) is 10.9 Å². The van der Waals surface area contributed by atoms with Crippen LogP contribution < -0.4 is 4.90 Å². The van der Waals surface area contributed by atoms with Gasteiger partial charge in [0, 0.05) is 5.71 Å². The SMILES string of the molecule is N#Cc1ccc(CN2C(=O)C3CCCC3=Nc3ccccc32)cc1. The highest BCUT2D eigenvalue weighted by Gasteiger charge is 2.36. The number of fused-ring (bicyclic) bond motifs is 2. The predicted molar refractivity (Wildman–Crippen MR) is 93.2 cm³/mol. The maximum atomic E-state index is 13.1. The second-order valence-corrected chi connectivity index (χ2v) is 6.27. The molecule has 1 amide bonds. The fourth-order valence-electron chi connectivity index (χ4n) is 3.51. The molecule has 2 aromatic carbocycles. The number of nitrogens with zero attached hydrogens (tertiary/aromatic N) is 3. The molecule has 2 aromatic rings. The van der Waals surface area contributed by atoms with Crippen LogP contribution in [-0.2, 0) is 11.3 Å². The van der Waals surface area contributed by atoms with Gasteiger partial charge in [-0.05, 0) is 49.1 Å². The molecule has 1 atom stereocenters. The molecule has 1 aliphatic heterocycles. The van der Waals surface area contributed by atoms with Crippen LogP contribution in [0, 0.1) is 17.2 Å². The quantitative estimate of drug-likeness (QED) is 0.841. The highest BCUT2D eigenvalue weighted by Crippen LogP contribution is 2.38. The Kier molecular flexibility index (Phi) is 3.62. The van der Waals surface area contributed by atoms with E-state index in [2.05, 4.69) is 6.07 Å². The second kappa shape index (κ2) is 5.93. The second-order valence-electron chi connectivity index (χ2n) is 6.27. The van der Waals surface area contributed by atoms with Gasteiger partial charge in [0.2, 0.25) is 5.91 Å². The Bertz CT molecular complexity index is 861. The average molecular weight is 315 g/mol. The fraction of sp³-hybridized carbons (Fsp3) is 0.250. The Hall–Kier alpha value is -2.93. The summed E-state index contributed by atoms with van der Waals surface area (Å²) in [4.78, 5) is 19.7. The third kappa shape index (κ3) is 2.48. The van der Waals surface area contributed by atoms with Crippen molar-refractivity contribution in [3.8, 4) is 6.07 Å². The van der Waals surface area contributed by atoms with Crippen molar-refractivity contribution in [1.82, 2.24) is 0 Å². The largest absolute Gasteiger partial charge is 0.305 e. The number of anilines is 1. The highest BCUT2D eigenvalue weighted by atomic mass is 16.2. The minimum absolute atomic E-state index is 0.0872. The van der Waals surface area contributed by atoms with E-state index in [9.17, 15) is 4.79 Å². The summed E-state index contributed by atoms with van der Waals surface area (Å²) in [5.41, 5.74) is 4.41. The van der Waals surface area contributed by atoms with Gasteiger partial charge in [-0.25, -0.2) is 0 Å². The lowest BCUT2D eigenvalue weighted by Crippen LogP contribution is -2.36. The first-order chi connectivity index (χ1) is 11.8. The Morgan fingerprint density at radius 2 is 1.96 bits per heavy atom. The molecule has 118 valence electrons. The van der Waals surface area contributed by atoms with Gasteiger partial charge in [0.25, 0.3) is 0 Å². The van der Waals surface area contributed by atoms with Gasteiger partial charge in [-0.3, -0.25) is 9.79 Å². The summed E-state index contributed by atoms with van der Waals surface area (Å²) in [6, 6.07) is 17.4. The summed E-state index contributed by atoms with van der Waals surface area (Å²) in [7, 11) is 0. The molecule has 1 aliphatic carbocycles. The number of amides is 1. The third-order valence-electron chi connectivity index (χ3n) is 4.75. The van der Waals surface area contributed by atoms with Crippen LogP contribution in [0.5, 0.6) is 0 Å². The van der Waals surface area contributed by atoms with Gasteiger partial charge in [0.15, 0.2) is 0 Å². The predicted octanol–water partition coefficient (Wildman–Crippen LogP) is 3.98. The van der Waals surface area contributed by atoms with Crippen molar-refractivity contribution in [2.45, 2.75) is 25.8 Å². The molecule has 1 saturated carbocycles. The molecule has 0 bridgehead atoms. The van der Waals surface area contributed by atoms with Crippen molar-refractivity contribution in [2.75, 3.05) is 4.90 Å². The zero-order chi connectivity index (χ0) is 16.5. The lowest BCUT2D eigenvalue weighted by molar-refractivity contribution is -0.120. The summed E-state index contributed by atoms with van der Waals surface area (Å²) in [6.07, 6.45) is 2.83. The Balaban J connectivity index is 1.73. The summed E-state index contributed by atoms with van der Waals surface area (Å²) in [5.74, 6) is 0.0522. The van der Waals surface area contributed by atoms with Crippen molar-refractivity contribution < 1.29 is 4.79 Å². The van der Waals surface area contributed by atoms with Crippen LogP contribution in [0.3, 0.4) is 0 Å². The number of benzene rings is 2. The number of carbonyl (C=O) groups excluding carboxylic acids is 1. The first kappa shape index (κ1) is 14.6. The smallest absolute Gasteiger partial charge is 0.236 e. The van der Waals surface area contributed by atoms with Gasteiger partial charge in [0.1, 0.15) is 0 Å². The highest BCUT2D eigenvalue weighted by molar-refractivity contribution is 6.14. The van der Waals surface area contributed by atoms with Crippen LogP contribution >= 0.6 is 0 Å². The molecule has 4 heteroatoms. The van der Waals surface area contributed by atoms with Crippen LogP contribution in [0.25, 0.3) is 0 Å². The molecule has 4 rings (SSSR count). The summed E-state index contributed by atoms with van der Waals surface area (Å²) in [5, 5.41) is 8.93. The van der Waals surface area contributed by atoms with E-state index in [1.54, 1.807) is 12.1 Å². The van der Waals surface area contributed by atoms with Crippen LogP contribution in [0.2, 0.25) is 0 Å². The Labute approximate surface area is 141 Å². The number of nitriles is 1. The fourth-order valence-corrected chi connectivity index (χ4v) is 3.51. The van der Waals surface area contributed by atoms with Crippen LogP contribution in [-0.4, -0.2) is 11.6 Å². The lowest BCUT2D eigenvalue weighted by atomic mass is 10.0. The monoisotopic (exact) mass is 315 g/mol. The van der Waals surface area contributed by atoms with Gasteiger partial charge in [0.05, 0.1) is 35.5 Å². The van der Waals surface area contributed by atoms with E-state index in [1.807, 2.05) is 41.3 Å². The van der Waals surface area contributed by atoms with Crippen molar-refractivity contribution in [3.63, 3.8) is 0 Å². The normalized spacial score (nSPS) is 19.1. The average Bonchev–Trinajstić information content (AvgIpc) is 3.05. The van der Waals surface area contributed by atoms with E-state index in [4.69, 9.17) is 10.3 Å². The third-order valence-corrected chi connectivity index (χ3v) is 4.75. The van der Waals surface area contributed by atoms with E-state index in [0.717, 1.165) is 41.9 Å². The summed E-state index contributed by atoms with van der Waals surface area (Å²) >= 11 is 0. The van der Waals surface area contributed by atoms with Gasteiger partial charge in [-0.15, -0.1) is 0 Å². The molecule has 4 nitrogen and oxygen atoms in total. The molecule has 0 saturated heterocycles. The molecular formula is C20H17N3O. The van der Waals surface area contributed by atoms with E-state index < -0.39 is 0 Å². The van der Waals surface area contributed by atoms with Gasteiger partial charge >= 0.3 is 0 Å². The van der Waals surface area contributed by atoms with Gasteiger partial charge < -0.3 is 4.90 Å². The molecule has 0 spiro atoms. The van der Waals surface area contributed by atoms with Gasteiger partial charge in [-0.2, -0.15) is 5.26 Å². The summed E-state index contributed by atoms with van der Waals surface area (Å²) < 4.78 is 0. The van der Waals surface area contributed by atoms with Crippen LogP contribution in [0.4, 0.5) is 11.4 Å². The number of rotatable bonds is 2. The number of para-hydroxylation sites is 2. The standard InChI is InChI=1S/C20H17N3O/c21-12-14-8-10-15(11-9-14)13-23-19-7-2-1-5-18(19)22-17-6-3-4-16(17)20(23)24/h1-2,5,7-11,16H,3-4,6,13H2. The zero-order valence-electron chi connectivity index (χ0n) is 13.3. The molecule has 1 heterocycles. The number of hydrogen-bond donors (Lipinski definition) is 0. The van der Waals surface area contributed by atoms with E-state index in [-0.39, 0.29) is 11.8 Å². The molecule has 2 aliphatic rings. The number of hydrogen-bond acceptors (Lipinski definition) is 3. The first-order valence-electron chi connectivity index (χ1n) is 8.23. The van der Waals surface area contributed by atoms with Crippen LogP contribution in [0.15, 0.2) is 53.5 Å². The molecular weight excluding hydrogens is 298 g/mol. The molecule has 24 heavy (non-hydrogen) atoms. The Morgan fingerprint density at radius 1 is 1.17 bits per heavy atom. The maximum Gasteiger partial charge on any atom is 0.236 e. The van der Waals surface area contributed by atoms with E-state index >= 15 is 0 Å². The lowest BCUT2D eigenvalue weighted by Gasteiger charge is -2.25. The minimum Gasteiger partial charge on any atom is -0.305 e. The van der Waals surface area contributed by atoms with Crippen LogP contribution in [0.1, 0.15) is 30.4 Å². The number of aliphatic imine (C=N–C) groups is 1. The van der Waals surface area contributed by atoms with Gasteiger partial charge in [-0.1, -0.05) is 24.3 Å². The van der Waals surface area contributed by atoms with Crippen molar-refractivity contribution >= 4 is 23.0 Å².